The molecular weight excluding hydrogens is 448 g/mol. The Morgan fingerprint density at radius 3 is 2.31 bits per heavy atom. The predicted molar refractivity (Wildman–Crippen MR) is 122 cm³/mol. The van der Waals surface area contributed by atoms with E-state index in [0.29, 0.717) is 27.9 Å². The molecule has 8 nitrogen and oxygen atoms in total. The summed E-state index contributed by atoms with van der Waals surface area (Å²) in [4.78, 5) is 13.4. The van der Waals surface area contributed by atoms with Crippen LogP contribution in [0.2, 0.25) is 5.02 Å². The molecular formula is C22H15ClN6O2S. The predicted octanol–water partition coefficient (Wildman–Crippen LogP) is 3.85. The third kappa shape index (κ3) is 3.84. The Hall–Kier alpha value is -3.66. The standard InChI is InChI=1S/C22H15ClN6O2S/c23-16-7-4-14(5-8-16)21-27-22(15-6-9-19-20(12-15)26-11-10-25-19)29(28-21)17-2-1-3-18(13-17)32(24,30)31/h1-13H,(H2,24,30,31). The first kappa shape index (κ1) is 20.3. The van der Waals surface area contributed by atoms with Crippen LogP contribution in [0.25, 0.3) is 39.5 Å². The Bertz CT molecular complexity index is 1570. The fourth-order valence-electron chi connectivity index (χ4n) is 3.29. The summed E-state index contributed by atoms with van der Waals surface area (Å²) in [7, 11) is -3.88. The first-order valence-electron chi connectivity index (χ1n) is 9.46. The van der Waals surface area contributed by atoms with E-state index < -0.39 is 10.0 Å². The van der Waals surface area contributed by atoms with Crippen LogP contribution in [-0.2, 0) is 10.0 Å². The SMILES string of the molecule is NS(=O)(=O)c1cccc(-n2nc(-c3ccc(Cl)cc3)nc2-c2ccc3nccnc3c2)c1. The minimum absolute atomic E-state index is 0.0196. The van der Waals surface area contributed by atoms with Crippen LogP contribution in [0, 0.1) is 0 Å². The molecule has 0 unspecified atom stereocenters. The average Bonchev–Trinajstić information content (AvgIpc) is 3.24. The van der Waals surface area contributed by atoms with Gasteiger partial charge in [0, 0.05) is 28.5 Å². The van der Waals surface area contributed by atoms with Gasteiger partial charge in [0.15, 0.2) is 11.6 Å². The highest BCUT2D eigenvalue weighted by molar-refractivity contribution is 7.89. The van der Waals surface area contributed by atoms with Gasteiger partial charge < -0.3 is 0 Å². The molecule has 0 atom stereocenters. The number of halogens is 1. The largest absolute Gasteiger partial charge is 0.253 e. The molecule has 2 aromatic heterocycles. The summed E-state index contributed by atoms with van der Waals surface area (Å²) in [5.41, 5.74) is 3.45. The summed E-state index contributed by atoms with van der Waals surface area (Å²) in [6.45, 7) is 0. The summed E-state index contributed by atoms with van der Waals surface area (Å²) in [6.07, 6.45) is 3.24. The zero-order chi connectivity index (χ0) is 22.3. The van der Waals surface area contributed by atoms with Crippen molar-refractivity contribution in [3.05, 3.63) is 84.1 Å². The normalized spacial score (nSPS) is 11.7. The topological polar surface area (TPSA) is 117 Å². The van der Waals surface area contributed by atoms with Crippen LogP contribution in [0.4, 0.5) is 0 Å². The van der Waals surface area contributed by atoms with Crippen molar-refractivity contribution < 1.29 is 8.42 Å². The highest BCUT2D eigenvalue weighted by atomic mass is 35.5. The van der Waals surface area contributed by atoms with E-state index in [0.717, 1.165) is 16.6 Å². The van der Waals surface area contributed by atoms with Gasteiger partial charge in [-0.15, -0.1) is 5.10 Å². The van der Waals surface area contributed by atoms with E-state index in [9.17, 15) is 8.42 Å². The fraction of sp³-hybridized carbons (Fsp3) is 0. The number of primary sulfonamides is 1. The zero-order valence-corrected chi connectivity index (χ0v) is 18.0. The Morgan fingerprint density at radius 1 is 0.844 bits per heavy atom. The minimum atomic E-state index is -3.88. The van der Waals surface area contributed by atoms with Crippen LogP contribution < -0.4 is 5.14 Å². The molecule has 158 valence electrons. The van der Waals surface area contributed by atoms with Gasteiger partial charge in [0.1, 0.15) is 0 Å². The first-order valence-corrected chi connectivity index (χ1v) is 11.4. The van der Waals surface area contributed by atoms with Gasteiger partial charge in [-0.2, -0.15) is 0 Å². The second-order valence-electron chi connectivity index (χ2n) is 6.98. The van der Waals surface area contributed by atoms with E-state index in [1.807, 2.05) is 30.3 Å². The number of fused-ring (bicyclic) bond motifs is 1. The minimum Gasteiger partial charge on any atom is -0.253 e. The lowest BCUT2D eigenvalue weighted by molar-refractivity contribution is 0.597. The number of nitrogens with two attached hydrogens (primary N) is 1. The molecule has 0 aliphatic heterocycles. The van der Waals surface area contributed by atoms with Gasteiger partial charge >= 0.3 is 0 Å². The van der Waals surface area contributed by atoms with Gasteiger partial charge in [0.2, 0.25) is 10.0 Å². The molecule has 2 heterocycles. The number of hydrogen-bond acceptors (Lipinski definition) is 6. The smallest absolute Gasteiger partial charge is 0.238 e. The molecule has 0 fully saturated rings. The van der Waals surface area contributed by atoms with Gasteiger partial charge in [0.25, 0.3) is 0 Å². The molecule has 2 N–H and O–H groups in total. The van der Waals surface area contributed by atoms with Crippen LogP contribution in [0.15, 0.2) is 84.0 Å². The van der Waals surface area contributed by atoms with Gasteiger partial charge in [-0.1, -0.05) is 17.7 Å². The monoisotopic (exact) mass is 462 g/mol. The third-order valence-electron chi connectivity index (χ3n) is 4.83. The summed E-state index contributed by atoms with van der Waals surface area (Å²) < 4.78 is 25.3. The Balaban J connectivity index is 1.73. The lowest BCUT2D eigenvalue weighted by Crippen LogP contribution is -2.12. The molecule has 10 heteroatoms. The van der Waals surface area contributed by atoms with Crippen molar-refractivity contribution in [3.63, 3.8) is 0 Å². The molecule has 0 aliphatic carbocycles. The first-order chi connectivity index (χ1) is 15.4. The Morgan fingerprint density at radius 2 is 1.56 bits per heavy atom. The third-order valence-corrected chi connectivity index (χ3v) is 5.99. The lowest BCUT2D eigenvalue weighted by atomic mass is 10.1. The molecule has 5 aromatic rings. The van der Waals surface area contributed by atoms with Crippen molar-refractivity contribution in [1.29, 1.82) is 0 Å². The van der Waals surface area contributed by atoms with Crippen molar-refractivity contribution in [2.24, 2.45) is 5.14 Å². The molecule has 0 saturated carbocycles. The summed E-state index contributed by atoms with van der Waals surface area (Å²) in [5.74, 6) is 0.964. The van der Waals surface area contributed by atoms with E-state index in [1.165, 1.54) is 12.1 Å². The maximum Gasteiger partial charge on any atom is 0.238 e. The van der Waals surface area contributed by atoms with Crippen molar-refractivity contribution in [2.75, 3.05) is 0 Å². The molecule has 0 spiro atoms. The number of sulfonamides is 1. The van der Waals surface area contributed by atoms with Crippen molar-refractivity contribution in [2.45, 2.75) is 4.90 Å². The Labute approximate surface area is 188 Å². The average molecular weight is 463 g/mol. The van der Waals surface area contributed by atoms with Crippen LogP contribution in [0.5, 0.6) is 0 Å². The summed E-state index contributed by atoms with van der Waals surface area (Å²) in [5, 5.41) is 10.6. The summed E-state index contributed by atoms with van der Waals surface area (Å²) >= 11 is 6.02. The number of benzene rings is 3. The maximum absolute atomic E-state index is 11.9. The van der Waals surface area contributed by atoms with E-state index in [4.69, 9.17) is 21.7 Å². The van der Waals surface area contributed by atoms with Gasteiger partial charge in [-0.25, -0.2) is 23.2 Å². The lowest BCUT2D eigenvalue weighted by Gasteiger charge is -2.08. The zero-order valence-electron chi connectivity index (χ0n) is 16.4. The number of aromatic nitrogens is 5. The van der Waals surface area contributed by atoms with Crippen molar-refractivity contribution in [1.82, 2.24) is 24.7 Å². The quantitative estimate of drug-likeness (QED) is 0.433. The molecule has 32 heavy (non-hydrogen) atoms. The van der Waals surface area contributed by atoms with Gasteiger partial charge in [0.05, 0.1) is 21.6 Å². The van der Waals surface area contributed by atoms with Crippen LogP contribution in [0.3, 0.4) is 0 Å². The molecule has 5 rings (SSSR count). The van der Waals surface area contributed by atoms with Crippen molar-refractivity contribution in [3.8, 4) is 28.5 Å². The van der Waals surface area contributed by atoms with E-state index in [-0.39, 0.29) is 4.90 Å². The maximum atomic E-state index is 11.9. The van der Waals surface area contributed by atoms with Crippen LogP contribution in [-0.4, -0.2) is 33.2 Å². The van der Waals surface area contributed by atoms with Crippen molar-refractivity contribution >= 4 is 32.7 Å². The molecule has 0 amide bonds. The summed E-state index contributed by atoms with van der Waals surface area (Å²) in [6, 6.07) is 18.9. The molecule has 0 saturated heterocycles. The van der Waals surface area contributed by atoms with Gasteiger partial charge in [-0.05, 0) is 60.7 Å². The fourth-order valence-corrected chi connectivity index (χ4v) is 3.97. The van der Waals surface area contributed by atoms with Gasteiger partial charge in [-0.3, -0.25) is 9.97 Å². The number of hydrogen-bond donors (Lipinski definition) is 1. The second-order valence-corrected chi connectivity index (χ2v) is 8.98. The second kappa shape index (κ2) is 7.79. The van der Waals surface area contributed by atoms with Crippen LogP contribution >= 0.6 is 11.6 Å². The highest BCUT2D eigenvalue weighted by Gasteiger charge is 2.17. The molecule has 3 aromatic carbocycles. The van der Waals surface area contributed by atoms with Crippen LogP contribution in [0.1, 0.15) is 0 Å². The highest BCUT2D eigenvalue weighted by Crippen LogP contribution is 2.28. The van der Waals surface area contributed by atoms with E-state index >= 15 is 0 Å². The molecule has 0 bridgehead atoms. The molecule has 0 radical (unpaired) electrons. The molecule has 0 aliphatic rings. The number of rotatable bonds is 4. The van der Waals surface area contributed by atoms with E-state index in [2.05, 4.69) is 15.1 Å². The van der Waals surface area contributed by atoms with E-state index in [1.54, 1.807) is 41.3 Å². The number of nitrogens with zero attached hydrogens (tertiary/aromatic N) is 5. The Kier molecular flexibility index (Phi) is 4.93.